The van der Waals surface area contributed by atoms with Gasteiger partial charge in [-0.15, -0.1) is 0 Å². The second kappa shape index (κ2) is 6.10. The molecule has 1 amide bonds. The summed E-state index contributed by atoms with van der Waals surface area (Å²) in [7, 11) is 0. The van der Waals surface area contributed by atoms with Gasteiger partial charge in [0, 0.05) is 18.4 Å². The average Bonchev–Trinajstić information content (AvgIpc) is 2.47. The van der Waals surface area contributed by atoms with Crippen molar-refractivity contribution >= 4 is 11.7 Å². The molecule has 0 fully saturated rings. The number of nitrogens with one attached hydrogen (secondary N) is 1. The van der Waals surface area contributed by atoms with Gasteiger partial charge in [-0.25, -0.2) is 9.97 Å². The van der Waals surface area contributed by atoms with Crippen LogP contribution in [0.5, 0.6) is 0 Å². The highest BCUT2D eigenvalue weighted by Crippen LogP contribution is 2.15. The van der Waals surface area contributed by atoms with Crippen LogP contribution in [-0.4, -0.2) is 26.9 Å². The quantitative estimate of drug-likeness (QED) is 0.881. The number of hydrogen-bond donors (Lipinski definition) is 2. The van der Waals surface area contributed by atoms with Gasteiger partial charge in [0.15, 0.2) is 5.82 Å². The predicted molar refractivity (Wildman–Crippen MR) is 76.9 cm³/mol. The van der Waals surface area contributed by atoms with Gasteiger partial charge in [-0.1, -0.05) is 13.0 Å². The Bertz CT molecular complexity index is 600. The lowest BCUT2D eigenvalue weighted by Crippen LogP contribution is -2.32. The lowest BCUT2D eigenvalue weighted by molar-refractivity contribution is 0.0939. The molecule has 1 atom stereocenters. The van der Waals surface area contributed by atoms with E-state index in [9.17, 15) is 4.79 Å². The van der Waals surface area contributed by atoms with Crippen LogP contribution in [0.2, 0.25) is 0 Å². The first-order valence-electron chi connectivity index (χ1n) is 6.46. The Hall–Kier alpha value is -2.50. The van der Waals surface area contributed by atoms with Crippen molar-refractivity contribution in [2.24, 2.45) is 0 Å². The molecule has 2 aromatic heterocycles. The summed E-state index contributed by atoms with van der Waals surface area (Å²) in [6.07, 6.45) is 3.93. The first-order chi connectivity index (χ1) is 9.61. The molecule has 0 spiro atoms. The molecule has 0 radical (unpaired) electrons. The minimum absolute atomic E-state index is 0.0809. The molecule has 0 aliphatic carbocycles. The van der Waals surface area contributed by atoms with E-state index in [1.165, 1.54) is 6.20 Å². The molecular formula is C14H17N5O. The first-order valence-corrected chi connectivity index (χ1v) is 6.46. The molecule has 2 aromatic rings. The van der Waals surface area contributed by atoms with Crippen LogP contribution in [-0.2, 0) is 0 Å². The smallest absolute Gasteiger partial charge is 0.256 e. The first kappa shape index (κ1) is 13.9. The van der Waals surface area contributed by atoms with Crippen LogP contribution < -0.4 is 11.1 Å². The Balaban J connectivity index is 2.24. The Morgan fingerprint density at radius 3 is 2.80 bits per heavy atom. The fourth-order valence-electron chi connectivity index (χ4n) is 1.59. The van der Waals surface area contributed by atoms with Crippen LogP contribution in [0.15, 0.2) is 30.6 Å². The van der Waals surface area contributed by atoms with Crippen molar-refractivity contribution < 1.29 is 4.79 Å². The molecule has 6 heteroatoms. The monoisotopic (exact) mass is 271 g/mol. The van der Waals surface area contributed by atoms with Gasteiger partial charge < -0.3 is 11.1 Å². The second-order valence-electron chi connectivity index (χ2n) is 4.49. The standard InChI is InChI=1S/C14H17N5O/c1-3-9(2)18-14(20)10-8-17-13(19-12(10)15)11-6-4-5-7-16-11/h4-9H,3H2,1-2H3,(H,18,20)(H2,15,17,19). The van der Waals surface area contributed by atoms with Crippen molar-refractivity contribution in [3.05, 3.63) is 36.2 Å². The third kappa shape index (κ3) is 3.09. The van der Waals surface area contributed by atoms with E-state index in [1.54, 1.807) is 18.3 Å². The maximum atomic E-state index is 12.0. The zero-order valence-electron chi connectivity index (χ0n) is 11.5. The minimum atomic E-state index is -0.260. The van der Waals surface area contributed by atoms with Gasteiger partial charge in [-0.2, -0.15) is 0 Å². The largest absolute Gasteiger partial charge is 0.383 e. The van der Waals surface area contributed by atoms with E-state index >= 15 is 0 Å². The Kier molecular flexibility index (Phi) is 4.24. The SMILES string of the molecule is CCC(C)NC(=O)c1cnc(-c2ccccn2)nc1N. The van der Waals surface area contributed by atoms with Crippen LogP contribution in [0, 0.1) is 0 Å². The third-order valence-corrected chi connectivity index (χ3v) is 2.95. The number of nitrogen functional groups attached to an aromatic ring is 1. The summed E-state index contributed by atoms with van der Waals surface area (Å²) in [4.78, 5) is 24.4. The van der Waals surface area contributed by atoms with E-state index in [0.717, 1.165) is 6.42 Å². The molecule has 2 heterocycles. The van der Waals surface area contributed by atoms with Crippen molar-refractivity contribution in [3.8, 4) is 11.5 Å². The number of carbonyl (C=O) groups excluding carboxylic acids is 1. The molecule has 104 valence electrons. The Morgan fingerprint density at radius 1 is 1.40 bits per heavy atom. The number of pyridine rings is 1. The number of aromatic nitrogens is 3. The summed E-state index contributed by atoms with van der Waals surface area (Å²) in [5, 5.41) is 2.83. The third-order valence-electron chi connectivity index (χ3n) is 2.95. The molecule has 20 heavy (non-hydrogen) atoms. The zero-order valence-corrected chi connectivity index (χ0v) is 11.5. The molecule has 0 bridgehead atoms. The van der Waals surface area contributed by atoms with Crippen LogP contribution in [0.25, 0.3) is 11.5 Å². The number of anilines is 1. The van der Waals surface area contributed by atoms with Crippen LogP contribution in [0.3, 0.4) is 0 Å². The van der Waals surface area contributed by atoms with Gasteiger partial charge in [-0.05, 0) is 25.5 Å². The van der Waals surface area contributed by atoms with Gasteiger partial charge in [0.2, 0.25) is 0 Å². The Labute approximate surface area is 117 Å². The number of rotatable bonds is 4. The van der Waals surface area contributed by atoms with Crippen molar-refractivity contribution in [1.29, 1.82) is 0 Å². The van der Waals surface area contributed by atoms with Gasteiger partial charge in [-0.3, -0.25) is 9.78 Å². The highest BCUT2D eigenvalue weighted by Gasteiger charge is 2.15. The zero-order chi connectivity index (χ0) is 14.5. The topological polar surface area (TPSA) is 93.8 Å². The van der Waals surface area contributed by atoms with Gasteiger partial charge in [0.25, 0.3) is 5.91 Å². The fraction of sp³-hybridized carbons (Fsp3) is 0.286. The lowest BCUT2D eigenvalue weighted by atomic mass is 10.2. The van der Waals surface area contributed by atoms with Crippen molar-refractivity contribution in [2.45, 2.75) is 26.3 Å². The number of nitrogens with zero attached hydrogens (tertiary/aromatic N) is 3. The number of amides is 1. The molecule has 0 saturated heterocycles. The predicted octanol–water partition coefficient (Wildman–Crippen LogP) is 1.65. The number of nitrogens with two attached hydrogens (primary N) is 1. The van der Waals surface area contributed by atoms with E-state index in [0.29, 0.717) is 11.5 Å². The molecule has 0 aliphatic heterocycles. The second-order valence-corrected chi connectivity index (χ2v) is 4.49. The van der Waals surface area contributed by atoms with Gasteiger partial charge >= 0.3 is 0 Å². The molecule has 0 aromatic carbocycles. The minimum Gasteiger partial charge on any atom is -0.383 e. The van der Waals surface area contributed by atoms with E-state index in [-0.39, 0.29) is 23.3 Å². The molecular weight excluding hydrogens is 254 g/mol. The van der Waals surface area contributed by atoms with Crippen LogP contribution in [0.1, 0.15) is 30.6 Å². The molecule has 3 N–H and O–H groups in total. The van der Waals surface area contributed by atoms with Gasteiger partial charge in [0.05, 0.1) is 5.56 Å². The van der Waals surface area contributed by atoms with E-state index in [1.807, 2.05) is 19.9 Å². The maximum Gasteiger partial charge on any atom is 0.256 e. The summed E-state index contributed by atoms with van der Waals surface area (Å²) in [6, 6.07) is 5.51. The average molecular weight is 271 g/mol. The summed E-state index contributed by atoms with van der Waals surface area (Å²) in [5.74, 6) is 0.300. The summed E-state index contributed by atoms with van der Waals surface area (Å²) in [5.41, 5.74) is 6.74. The maximum absolute atomic E-state index is 12.0. The number of hydrogen-bond acceptors (Lipinski definition) is 5. The Morgan fingerprint density at radius 2 is 2.20 bits per heavy atom. The molecule has 6 nitrogen and oxygen atoms in total. The molecule has 0 aliphatic rings. The molecule has 2 rings (SSSR count). The highest BCUT2D eigenvalue weighted by molar-refractivity contribution is 5.98. The fourth-order valence-corrected chi connectivity index (χ4v) is 1.59. The van der Waals surface area contributed by atoms with Crippen molar-refractivity contribution in [3.63, 3.8) is 0 Å². The highest BCUT2D eigenvalue weighted by atomic mass is 16.1. The lowest BCUT2D eigenvalue weighted by Gasteiger charge is -2.12. The summed E-state index contributed by atoms with van der Waals surface area (Å²) >= 11 is 0. The van der Waals surface area contributed by atoms with Crippen LogP contribution in [0.4, 0.5) is 5.82 Å². The van der Waals surface area contributed by atoms with Crippen molar-refractivity contribution in [2.75, 3.05) is 5.73 Å². The van der Waals surface area contributed by atoms with Crippen LogP contribution >= 0.6 is 0 Å². The van der Waals surface area contributed by atoms with Crippen molar-refractivity contribution in [1.82, 2.24) is 20.3 Å². The molecule has 1 unspecified atom stereocenters. The van der Waals surface area contributed by atoms with E-state index in [4.69, 9.17) is 5.73 Å². The van der Waals surface area contributed by atoms with Gasteiger partial charge in [0.1, 0.15) is 11.5 Å². The number of carbonyl (C=O) groups is 1. The summed E-state index contributed by atoms with van der Waals surface area (Å²) in [6.45, 7) is 3.92. The van der Waals surface area contributed by atoms with E-state index in [2.05, 4.69) is 20.3 Å². The normalized spacial score (nSPS) is 11.9. The van der Waals surface area contributed by atoms with E-state index < -0.39 is 0 Å². The summed E-state index contributed by atoms with van der Waals surface area (Å²) < 4.78 is 0. The molecule has 0 saturated carbocycles.